The molecule has 0 saturated heterocycles. The van der Waals surface area contributed by atoms with Gasteiger partial charge in [-0.2, -0.15) is 0 Å². The lowest BCUT2D eigenvalue weighted by atomic mass is 10.0. The van der Waals surface area contributed by atoms with Gasteiger partial charge in [0.15, 0.2) is 9.84 Å². The standard InChI is InChI=1S/C19H15BrO2S/c20-17-11-13-18(14-12-17)23(21,22)19(15-7-3-1-4-8-15)16-9-5-2-6-10-16/h1-14,19H. The molecule has 0 amide bonds. The zero-order valence-corrected chi connectivity index (χ0v) is 14.7. The first-order valence-corrected chi connectivity index (χ1v) is 9.52. The molecule has 2 nitrogen and oxygen atoms in total. The predicted molar refractivity (Wildman–Crippen MR) is 96.1 cm³/mol. The minimum atomic E-state index is -3.54. The zero-order valence-electron chi connectivity index (χ0n) is 12.3. The largest absolute Gasteiger partial charge is 0.223 e. The topological polar surface area (TPSA) is 34.1 Å². The van der Waals surface area contributed by atoms with E-state index in [-0.39, 0.29) is 0 Å². The van der Waals surface area contributed by atoms with E-state index in [4.69, 9.17) is 0 Å². The van der Waals surface area contributed by atoms with E-state index < -0.39 is 15.1 Å². The van der Waals surface area contributed by atoms with E-state index in [2.05, 4.69) is 15.9 Å². The summed E-state index contributed by atoms with van der Waals surface area (Å²) in [5, 5.41) is -0.717. The van der Waals surface area contributed by atoms with Crippen molar-refractivity contribution >= 4 is 25.8 Å². The lowest BCUT2D eigenvalue weighted by molar-refractivity contribution is 0.589. The van der Waals surface area contributed by atoms with Crippen molar-refractivity contribution in [3.63, 3.8) is 0 Å². The lowest BCUT2D eigenvalue weighted by Crippen LogP contribution is -2.15. The highest BCUT2D eigenvalue weighted by atomic mass is 79.9. The van der Waals surface area contributed by atoms with E-state index in [9.17, 15) is 8.42 Å². The van der Waals surface area contributed by atoms with Crippen LogP contribution in [0.25, 0.3) is 0 Å². The Bertz CT molecular complexity index is 834. The van der Waals surface area contributed by atoms with Gasteiger partial charge in [-0.15, -0.1) is 0 Å². The number of hydrogen-bond donors (Lipinski definition) is 0. The summed E-state index contributed by atoms with van der Waals surface area (Å²) in [6.45, 7) is 0. The van der Waals surface area contributed by atoms with Crippen molar-refractivity contribution in [2.75, 3.05) is 0 Å². The van der Waals surface area contributed by atoms with Crippen molar-refractivity contribution in [2.24, 2.45) is 0 Å². The van der Waals surface area contributed by atoms with E-state index in [1.807, 2.05) is 60.7 Å². The van der Waals surface area contributed by atoms with E-state index in [0.29, 0.717) is 4.90 Å². The average molecular weight is 387 g/mol. The van der Waals surface area contributed by atoms with Gasteiger partial charge in [-0.1, -0.05) is 76.6 Å². The molecule has 0 heterocycles. The van der Waals surface area contributed by atoms with Crippen molar-refractivity contribution in [3.05, 3.63) is 101 Å². The molecule has 0 N–H and O–H groups in total. The third-order valence-corrected chi connectivity index (χ3v) is 6.28. The molecule has 0 aromatic heterocycles. The second-order valence-corrected chi connectivity index (χ2v) is 8.15. The van der Waals surface area contributed by atoms with E-state index in [1.165, 1.54) is 0 Å². The molecule has 0 aliphatic heterocycles. The smallest absolute Gasteiger partial charge is 0.189 e. The van der Waals surface area contributed by atoms with Crippen molar-refractivity contribution in [2.45, 2.75) is 10.1 Å². The Kier molecular flexibility index (Phi) is 4.64. The van der Waals surface area contributed by atoms with Gasteiger partial charge in [-0.05, 0) is 35.4 Å². The van der Waals surface area contributed by atoms with Crippen molar-refractivity contribution in [1.82, 2.24) is 0 Å². The summed E-state index contributed by atoms with van der Waals surface area (Å²) in [4.78, 5) is 0.318. The third kappa shape index (κ3) is 3.38. The molecule has 0 bridgehead atoms. The Labute approximate surface area is 144 Å². The van der Waals surface area contributed by atoms with Crippen LogP contribution in [0.15, 0.2) is 94.3 Å². The highest BCUT2D eigenvalue weighted by Gasteiger charge is 2.30. The molecule has 0 spiro atoms. The van der Waals surface area contributed by atoms with Crippen LogP contribution in [0, 0.1) is 0 Å². The number of rotatable bonds is 4. The SMILES string of the molecule is O=S(=O)(c1ccc(Br)cc1)C(c1ccccc1)c1ccccc1. The minimum absolute atomic E-state index is 0.318. The van der Waals surface area contributed by atoms with E-state index in [0.717, 1.165) is 15.6 Å². The molecule has 0 atom stereocenters. The van der Waals surface area contributed by atoms with Gasteiger partial charge < -0.3 is 0 Å². The normalized spacial score (nSPS) is 11.6. The van der Waals surface area contributed by atoms with Gasteiger partial charge in [0.1, 0.15) is 5.25 Å². The summed E-state index contributed by atoms with van der Waals surface area (Å²) in [5.74, 6) is 0. The molecule has 0 aliphatic carbocycles. The molecular weight excluding hydrogens is 372 g/mol. The quantitative estimate of drug-likeness (QED) is 0.631. The van der Waals surface area contributed by atoms with Crippen LogP contribution in [0.2, 0.25) is 0 Å². The second kappa shape index (κ2) is 6.69. The fraction of sp³-hybridized carbons (Fsp3) is 0.0526. The minimum Gasteiger partial charge on any atom is -0.223 e. The van der Waals surface area contributed by atoms with E-state index >= 15 is 0 Å². The summed E-state index contributed by atoms with van der Waals surface area (Å²) in [6, 6.07) is 25.4. The average Bonchev–Trinajstić information content (AvgIpc) is 2.57. The maximum Gasteiger partial charge on any atom is 0.189 e. The van der Waals surface area contributed by atoms with Gasteiger partial charge in [0.25, 0.3) is 0 Å². The molecule has 0 radical (unpaired) electrons. The monoisotopic (exact) mass is 386 g/mol. The van der Waals surface area contributed by atoms with Crippen molar-refractivity contribution in [3.8, 4) is 0 Å². The molecule has 0 unspecified atom stereocenters. The van der Waals surface area contributed by atoms with Crippen LogP contribution in [-0.4, -0.2) is 8.42 Å². The number of hydrogen-bond acceptors (Lipinski definition) is 2. The molecule has 23 heavy (non-hydrogen) atoms. The van der Waals surface area contributed by atoms with Crippen LogP contribution < -0.4 is 0 Å². The van der Waals surface area contributed by atoms with Crippen LogP contribution in [0.1, 0.15) is 16.4 Å². The number of sulfone groups is 1. The van der Waals surface area contributed by atoms with Gasteiger partial charge in [0.2, 0.25) is 0 Å². The fourth-order valence-electron chi connectivity index (χ4n) is 2.57. The maximum absolute atomic E-state index is 13.2. The Morgan fingerprint density at radius 1 is 0.652 bits per heavy atom. The number of benzene rings is 3. The van der Waals surface area contributed by atoms with Gasteiger partial charge in [0, 0.05) is 4.47 Å². The lowest BCUT2D eigenvalue weighted by Gasteiger charge is -2.19. The van der Waals surface area contributed by atoms with Crippen LogP contribution >= 0.6 is 15.9 Å². The van der Waals surface area contributed by atoms with Gasteiger partial charge in [-0.25, -0.2) is 8.42 Å². The molecule has 3 aromatic carbocycles. The highest BCUT2D eigenvalue weighted by molar-refractivity contribution is 9.10. The predicted octanol–water partition coefficient (Wildman–Crippen LogP) is 5.01. The summed E-state index contributed by atoms with van der Waals surface area (Å²) in [7, 11) is -3.54. The van der Waals surface area contributed by atoms with Gasteiger partial charge in [0.05, 0.1) is 4.90 Å². The molecule has 4 heteroatoms. The molecule has 3 aromatic rings. The van der Waals surface area contributed by atoms with Gasteiger partial charge in [-0.3, -0.25) is 0 Å². The summed E-state index contributed by atoms with van der Waals surface area (Å²) in [5.41, 5.74) is 1.53. The van der Waals surface area contributed by atoms with E-state index in [1.54, 1.807) is 24.3 Å². The summed E-state index contributed by atoms with van der Waals surface area (Å²) < 4.78 is 27.3. The van der Waals surface area contributed by atoms with Gasteiger partial charge >= 0.3 is 0 Å². The Balaban J connectivity index is 2.17. The van der Waals surface area contributed by atoms with Crippen LogP contribution in [-0.2, 0) is 9.84 Å². The first-order valence-electron chi connectivity index (χ1n) is 7.18. The van der Waals surface area contributed by atoms with Crippen molar-refractivity contribution < 1.29 is 8.42 Å². The molecular formula is C19H15BrO2S. The summed E-state index contributed by atoms with van der Waals surface area (Å²) >= 11 is 3.34. The molecule has 0 saturated carbocycles. The highest BCUT2D eigenvalue weighted by Crippen LogP contribution is 2.35. The summed E-state index contributed by atoms with van der Waals surface area (Å²) in [6.07, 6.45) is 0. The fourth-order valence-corrected chi connectivity index (χ4v) is 4.65. The molecule has 116 valence electrons. The zero-order chi connectivity index (χ0) is 16.3. The first kappa shape index (κ1) is 16.0. The Morgan fingerprint density at radius 3 is 1.52 bits per heavy atom. The Morgan fingerprint density at radius 2 is 1.09 bits per heavy atom. The molecule has 3 rings (SSSR count). The van der Waals surface area contributed by atoms with Crippen molar-refractivity contribution in [1.29, 1.82) is 0 Å². The second-order valence-electron chi connectivity index (χ2n) is 5.20. The Hall–Kier alpha value is -1.91. The number of halogens is 1. The van der Waals surface area contributed by atoms with Crippen LogP contribution in [0.5, 0.6) is 0 Å². The molecule has 0 aliphatic rings. The first-order chi connectivity index (χ1) is 11.1. The maximum atomic E-state index is 13.2. The van der Waals surface area contributed by atoms with Crippen LogP contribution in [0.4, 0.5) is 0 Å². The third-order valence-electron chi connectivity index (χ3n) is 3.66. The molecule has 0 fully saturated rings. The van der Waals surface area contributed by atoms with Crippen LogP contribution in [0.3, 0.4) is 0 Å².